The van der Waals surface area contributed by atoms with E-state index in [9.17, 15) is 14.4 Å². The highest BCUT2D eigenvalue weighted by molar-refractivity contribution is 6.30. The summed E-state index contributed by atoms with van der Waals surface area (Å²) in [7, 11) is 0. The number of esters is 1. The Morgan fingerprint density at radius 3 is 2.31 bits per heavy atom. The molecule has 1 fully saturated rings. The Kier molecular flexibility index (Phi) is 15.7. The molecule has 0 spiro atoms. The van der Waals surface area contributed by atoms with Crippen molar-refractivity contribution in [1.82, 2.24) is 10.6 Å². The summed E-state index contributed by atoms with van der Waals surface area (Å²) >= 11 is 6.31. The molecule has 45 heavy (non-hydrogen) atoms. The van der Waals surface area contributed by atoms with Crippen LogP contribution in [-0.4, -0.2) is 54.8 Å². The molecule has 3 atom stereocenters. The zero-order valence-electron chi connectivity index (χ0n) is 25.6. The van der Waals surface area contributed by atoms with Gasteiger partial charge in [-0.25, -0.2) is 4.79 Å². The molecule has 0 aliphatic heterocycles. The number of halogens is 2. The Labute approximate surface area is 276 Å². The molecule has 13 heteroatoms. The van der Waals surface area contributed by atoms with Crippen molar-refractivity contribution >= 4 is 53.6 Å². The number of nitrogens with two attached hydrogens (primary N) is 3. The molecule has 1 aliphatic rings. The van der Waals surface area contributed by atoms with Crippen LogP contribution in [0.5, 0.6) is 0 Å². The van der Waals surface area contributed by atoms with Gasteiger partial charge in [-0.3, -0.25) is 20.0 Å². The van der Waals surface area contributed by atoms with Crippen LogP contribution in [0.2, 0.25) is 5.02 Å². The third-order valence-corrected chi connectivity index (χ3v) is 8.04. The summed E-state index contributed by atoms with van der Waals surface area (Å²) in [5.74, 6) is -2.14. The molecule has 2 aromatic carbocycles. The fourth-order valence-corrected chi connectivity index (χ4v) is 5.72. The van der Waals surface area contributed by atoms with Crippen molar-refractivity contribution in [3.05, 3.63) is 70.2 Å². The van der Waals surface area contributed by atoms with Gasteiger partial charge in [0.2, 0.25) is 11.8 Å². The van der Waals surface area contributed by atoms with E-state index in [-0.39, 0.29) is 49.1 Å². The van der Waals surface area contributed by atoms with Crippen molar-refractivity contribution in [2.75, 3.05) is 13.2 Å². The summed E-state index contributed by atoms with van der Waals surface area (Å²) in [5, 5.41) is 14.1. The molecule has 1 saturated carbocycles. The van der Waals surface area contributed by atoms with Crippen LogP contribution in [0.25, 0.3) is 0 Å². The molecule has 0 saturated heterocycles. The Morgan fingerprint density at radius 2 is 1.71 bits per heavy atom. The topological polar surface area (TPSA) is 199 Å². The molecule has 11 nitrogen and oxygen atoms in total. The highest BCUT2D eigenvalue weighted by Gasteiger charge is 2.35. The van der Waals surface area contributed by atoms with Crippen LogP contribution in [0.1, 0.15) is 74.5 Å². The number of guanidine groups is 1. The first-order valence-corrected chi connectivity index (χ1v) is 15.5. The van der Waals surface area contributed by atoms with E-state index in [4.69, 9.17) is 38.9 Å². The van der Waals surface area contributed by atoms with Gasteiger partial charge in [0.1, 0.15) is 17.9 Å². The highest BCUT2D eigenvalue weighted by atomic mass is 35.5. The summed E-state index contributed by atoms with van der Waals surface area (Å²) in [6.07, 6.45) is 5.57. The van der Waals surface area contributed by atoms with Crippen molar-refractivity contribution < 1.29 is 19.1 Å². The van der Waals surface area contributed by atoms with E-state index in [0.29, 0.717) is 35.5 Å². The number of nitrogens with zero attached hydrogens (tertiary/aromatic N) is 1. The van der Waals surface area contributed by atoms with Gasteiger partial charge in [-0.05, 0) is 68.2 Å². The predicted octanol–water partition coefficient (Wildman–Crippen LogP) is 3.54. The number of carbonyl (C=O) groups excluding carboxylic acids is 3. The molecular weight excluding hydrogens is 617 g/mol. The van der Waals surface area contributed by atoms with Gasteiger partial charge in [0.25, 0.3) is 0 Å². The van der Waals surface area contributed by atoms with Crippen LogP contribution in [0.4, 0.5) is 0 Å². The van der Waals surface area contributed by atoms with Gasteiger partial charge in [0.05, 0.1) is 12.5 Å². The molecule has 246 valence electrons. The van der Waals surface area contributed by atoms with Crippen molar-refractivity contribution in [2.45, 2.75) is 76.3 Å². The fourth-order valence-electron chi connectivity index (χ4n) is 5.52. The number of amides is 2. The van der Waals surface area contributed by atoms with Crippen LogP contribution >= 0.6 is 24.0 Å². The zero-order valence-corrected chi connectivity index (χ0v) is 27.2. The van der Waals surface area contributed by atoms with Gasteiger partial charge in [-0.1, -0.05) is 67.3 Å². The summed E-state index contributed by atoms with van der Waals surface area (Å²) in [6.45, 7) is 2.16. The van der Waals surface area contributed by atoms with Crippen LogP contribution < -0.4 is 27.8 Å². The molecule has 0 aromatic heterocycles. The van der Waals surface area contributed by atoms with Crippen LogP contribution in [0.15, 0.2) is 53.5 Å². The van der Waals surface area contributed by atoms with Gasteiger partial charge in [0.15, 0.2) is 5.96 Å². The molecule has 1 unspecified atom stereocenters. The van der Waals surface area contributed by atoms with Crippen molar-refractivity contribution in [1.29, 1.82) is 5.41 Å². The largest absolute Gasteiger partial charge is 0.464 e. The number of carbonyl (C=O) groups is 3. The number of nitrogen functional groups attached to an aromatic ring is 1. The van der Waals surface area contributed by atoms with Gasteiger partial charge >= 0.3 is 5.97 Å². The Hall–Kier alpha value is -3.83. The molecule has 2 aromatic rings. The smallest absolute Gasteiger partial charge is 0.328 e. The number of benzene rings is 2. The SMILES string of the molecule is CCOC(=O)[C@H](CCCN=C(N)N)NC(=O)[C@@H](NC(=O)C(Cc1ccc(C(=N)N)cc1)c1cccc(Cl)c1)C1CCCCC1.Cl. The van der Waals surface area contributed by atoms with E-state index in [1.165, 1.54) is 0 Å². The van der Waals surface area contributed by atoms with E-state index in [1.807, 2.05) is 18.2 Å². The number of rotatable bonds is 15. The standard InChI is InChI=1S/C32H44ClN7O4.ClH/c1-2-44-31(43)26(12-7-17-38-32(36)37)39-30(42)27(21-8-4-3-5-9-21)40-29(41)25(23-10-6-11-24(33)19-23)18-20-13-15-22(16-14-20)28(34)35;/h6,10-11,13-16,19,21,25-27H,2-5,7-9,12,17-18H2,1H3,(H3,34,35)(H,39,42)(H,40,41)(H4,36,37,38);1H/t25?,26-,27-;/m0./s1. The first-order valence-electron chi connectivity index (χ1n) is 15.1. The zero-order chi connectivity index (χ0) is 32.1. The summed E-state index contributed by atoms with van der Waals surface area (Å²) in [6, 6.07) is 12.5. The minimum Gasteiger partial charge on any atom is -0.464 e. The minimum atomic E-state index is -0.914. The normalized spacial score (nSPS) is 15.0. The Morgan fingerprint density at radius 1 is 1.02 bits per heavy atom. The summed E-state index contributed by atoms with van der Waals surface area (Å²) in [5.41, 5.74) is 18.6. The maximum absolute atomic E-state index is 14.1. The van der Waals surface area contributed by atoms with Crippen molar-refractivity contribution in [3.8, 4) is 0 Å². The molecular formula is C32H45Cl2N7O4. The molecule has 0 radical (unpaired) electrons. The predicted molar refractivity (Wildman–Crippen MR) is 180 cm³/mol. The van der Waals surface area contributed by atoms with E-state index in [0.717, 1.165) is 37.7 Å². The average molecular weight is 663 g/mol. The third kappa shape index (κ3) is 11.9. The number of nitrogens with one attached hydrogen (secondary N) is 3. The molecule has 1 aliphatic carbocycles. The lowest BCUT2D eigenvalue weighted by Gasteiger charge is -2.32. The Bertz CT molecular complexity index is 1310. The van der Waals surface area contributed by atoms with Gasteiger partial charge in [-0.2, -0.15) is 0 Å². The van der Waals surface area contributed by atoms with Crippen molar-refractivity contribution in [3.63, 3.8) is 0 Å². The number of amidine groups is 1. The monoisotopic (exact) mass is 661 g/mol. The number of ether oxygens (including phenoxy) is 1. The quantitative estimate of drug-likeness (QED) is 0.0725. The highest BCUT2D eigenvalue weighted by Crippen LogP contribution is 2.29. The summed E-state index contributed by atoms with van der Waals surface area (Å²) < 4.78 is 5.23. The van der Waals surface area contributed by atoms with E-state index < -0.39 is 29.9 Å². The lowest BCUT2D eigenvalue weighted by Crippen LogP contribution is -2.55. The second-order valence-corrected chi connectivity index (χ2v) is 11.5. The maximum Gasteiger partial charge on any atom is 0.328 e. The van der Waals surface area contributed by atoms with Crippen LogP contribution in [0, 0.1) is 11.3 Å². The molecule has 3 rings (SSSR count). The molecule has 2 amide bonds. The Balaban J connectivity index is 0.00000705. The van der Waals surface area contributed by atoms with Gasteiger partial charge < -0.3 is 32.6 Å². The third-order valence-electron chi connectivity index (χ3n) is 7.81. The average Bonchev–Trinajstić information content (AvgIpc) is 3.00. The number of hydrogen-bond donors (Lipinski definition) is 6. The van der Waals surface area contributed by atoms with Crippen LogP contribution in [0.3, 0.4) is 0 Å². The minimum absolute atomic E-state index is 0. The number of hydrogen-bond acceptors (Lipinski definition) is 6. The van der Waals surface area contributed by atoms with Gasteiger partial charge in [0, 0.05) is 17.1 Å². The molecule has 9 N–H and O–H groups in total. The van der Waals surface area contributed by atoms with Crippen LogP contribution in [-0.2, 0) is 25.5 Å². The molecule has 0 heterocycles. The second-order valence-electron chi connectivity index (χ2n) is 11.1. The lowest BCUT2D eigenvalue weighted by molar-refractivity contribution is -0.148. The van der Waals surface area contributed by atoms with E-state index in [2.05, 4.69) is 15.6 Å². The lowest BCUT2D eigenvalue weighted by atomic mass is 9.82. The fraction of sp³-hybridized carbons (Fsp3) is 0.469. The van der Waals surface area contributed by atoms with Crippen molar-refractivity contribution in [2.24, 2.45) is 28.1 Å². The second kappa shape index (κ2) is 18.9. The number of aliphatic imine (C=N–C) groups is 1. The van der Waals surface area contributed by atoms with Gasteiger partial charge in [-0.15, -0.1) is 12.4 Å². The molecule has 0 bridgehead atoms. The first-order chi connectivity index (χ1) is 21.1. The van der Waals surface area contributed by atoms with E-state index in [1.54, 1.807) is 37.3 Å². The maximum atomic E-state index is 14.1. The van der Waals surface area contributed by atoms with E-state index >= 15 is 0 Å². The first kappa shape index (κ1) is 37.4. The summed E-state index contributed by atoms with van der Waals surface area (Å²) in [4.78, 5) is 44.7.